The van der Waals surface area contributed by atoms with Gasteiger partial charge in [-0.1, -0.05) is 6.07 Å². The number of hydrogen-bond acceptors (Lipinski definition) is 1. The van der Waals surface area contributed by atoms with Gasteiger partial charge in [0, 0.05) is 5.56 Å². The lowest BCUT2D eigenvalue weighted by Crippen LogP contribution is -2.20. The standard InChI is InChI=1S/C11H8F6OP/c12-10(13,14)6-2-1-3-7(11(15,16)17)9(6)8(18)4-5-19/h1-3,19H,4-5H2/q-1. The third-order valence-corrected chi connectivity index (χ3v) is 2.56. The molecule has 0 N–H and O–H groups in total. The molecule has 1 rings (SSSR count). The van der Waals surface area contributed by atoms with Crippen LogP contribution in [-0.2, 0) is 12.4 Å². The Morgan fingerprint density at radius 2 is 1.42 bits per heavy atom. The van der Waals surface area contributed by atoms with Gasteiger partial charge in [0.05, 0.1) is 11.1 Å². The molecule has 0 aromatic heterocycles. The molecular weight excluding hydrogens is 293 g/mol. The number of halogens is 6. The van der Waals surface area contributed by atoms with Crippen LogP contribution < -0.4 is 0 Å². The molecule has 0 saturated heterocycles. The summed E-state index contributed by atoms with van der Waals surface area (Å²) in [5, 5.41) is 0. The predicted molar refractivity (Wildman–Crippen MR) is 58.6 cm³/mol. The number of carbonyl (C=O) groups excluding carboxylic acids is 1. The molecule has 106 valence electrons. The second kappa shape index (κ2) is 5.49. The van der Waals surface area contributed by atoms with Gasteiger partial charge in [0.15, 0.2) is 5.78 Å². The molecule has 0 spiro atoms. The van der Waals surface area contributed by atoms with Crippen molar-refractivity contribution in [3.05, 3.63) is 34.9 Å². The molecule has 8 heteroatoms. The molecule has 19 heavy (non-hydrogen) atoms. The van der Waals surface area contributed by atoms with Gasteiger partial charge in [0.1, 0.15) is 0 Å². The highest BCUT2D eigenvalue weighted by Crippen LogP contribution is 2.39. The van der Waals surface area contributed by atoms with Crippen molar-refractivity contribution in [2.45, 2.75) is 18.8 Å². The highest BCUT2D eigenvalue weighted by molar-refractivity contribution is 7.16. The molecule has 1 aromatic carbocycles. The molecule has 0 heterocycles. The van der Waals surface area contributed by atoms with Crippen molar-refractivity contribution in [3.63, 3.8) is 0 Å². The van der Waals surface area contributed by atoms with E-state index >= 15 is 0 Å². The van der Waals surface area contributed by atoms with E-state index in [2.05, 4.69) is 9.24 Å². The molecule has 0 radical (unpaired) electrons. The molecular formula is C11H8F6OP-. The maximum atomic E-state index is 12.7. The lowest BCUT2D eigenvalue weighted by atomic mass is 9.95. The van der Waals surface area contributed by atoms with E-state index in [0.29, 0.717) is 18.2 Å². The van der Waals surface area contributed by atoms with Crippen LogP contribution >= 0.6 is 9.24 Å². The SMILES string of the molecule is O=C(CC[PH-])c1c(C(F)(F)F)cccc1C(F)(F)F. The van der Waals surface area contributed by atoms with Gasteiger partial charge in [0.25, 0.3) is 0 Å². The Balaban J connectivity index is 3.55. The van der Waals surface area contributed by atoms with Gasteiger partial charge in [-0.05, 0) is 18.6 Å². The summed E-state index contributed by atoms with van der Waals surface area (Å²) >= 11 is 0. The Kier molecular flexibility index (Phi) is 4.61. The molecule has 0 amide bonds. The number of rotatable bonds is 3. The predicted octanol–water partition coefficient (Wildman–Crippen LogP) is 4.44. The first-order valence-electron chi connectivity index (χ1n) is 5.04. The van der Waals surface area contributed by atoms with Gasteiger partial charge in [-0.3, -0.25) is 4.79 Å². The maximum Gasteiger partial charge on any atom is 0.417 e. The minimum absolute atomic E-state index is 0.0255. The van der Waals surface area contributed by atoms with E-state index in [1.165, 1.54) is 0 Å². The fourth-order valence-corrected chi connectivity index (χ4v) is 1.79. The maximum absolute atomic E-state index is 12.7. The van der Waals surface area contributed by atoms with Crippen molar-refractivity contribution in [1.29, 1.82) is 0 Å². The van der Waals surface area contributed by atoms with Crippen LogP contribution in [0.1, 0.15) is 27.9 Å². The Labute approximate surface area is 107 Å². The van der Waals surface area contributed by atoms with Gasteiger partial charge in [0.2, 0.25) is 0 Å². The van der Waals surface area contributed by atoms with Gasteiger partial charge in [-0.15, -0.1) is 0 Å². The highest BCUT2D eigenvalue weighted by atomic mass is 31.0. The third kappa shape index (κ3) is 3.69. The zero-order chi connectivity index (χ0) is 14.8. The Morgan fingerprint density at radius 1 is 1.00 bits per heavy atom. The Hall–Kier alpha value is -1.10. The van der Waals surface area contributed by atoms with E-state index in [4.69, 9.17) is 0 Å². The molecule has 1 nitrogen and oxygen atoms in total. The normalized spacial score (nSPS) is 12.6. The van der Waals surface area contributed by atoms with E-state index < -0.39 is 41.2 Å². The molecule has 0 aliphatic heterocycles. The summed E-state index contributed by atoms with van der Waals surface area (Å²) in [6.45, 7) is 0. The smallest absolute Gasteiger partial charge is 0.417 e. The average molecular weight is 301 g/mol. The van der Waals surface area contributed by atoms with Crippen molar-refractivity contribution in [2.24, 2.45) is 0 Å². The minimum atomic E-state index is -5.02. The molecule has 0 saturated carbocycles. The summed E-state index contributed by atoms with van der Waals surface area (Å²) in [4.78, 5) is 11.5. The second-order valence-corrected chi connectivity index (χ2v) is 4.15. The highest BCUT2D eigenvalue weighted by Gasteiger charge is 2.42. The quantitative estimate of drug-likeness (QED) is 0.458. The minimum Gasteiger partial charge on any atom is -0.558 e. The Bertz CT molecular complexity index is 445. The van der Waals surface area contributed by atoms with Crippen molar-refractivity contribution in [1.82, 2.24) is 0 Å². The number of benzene rings is 1. The Morgan fingerprint density at radius 3 is 1.74 bits per heavy atom. The van der Waals surface area contributed by atoms with Crippen LogP contribution in [0.25, 0.3) is 0 Å². The molecule has 0 fully saturated rings. The number of alkyl halides is 6. The van der Waals surface area contributed by atoms with Crippen LogP contribution in [0, 0.1) is 0 Å². The summed E-state index contributed by atoms with van der Waals surface area (Å²) in [7, 11) is 2.86. The average Bonchev–Trinajstić information content (AvgIpc) is 2.26. The number of ketones is 1. The number of hydrogen-bond donors (Lipinski definition) is 0. The zero-order valence-electron chi connectivity index (χ0n) is 9.32. The summed E-state index contributed by atoms with van der Waals surface area (Å²) in [6.07, 6.45) is -10.5. The summed E-state index contributed by atoms with van der Waals surface area (Å²) in [5.74, 6) is -1.20. The van der Waals surface area contributed by atoms with E-state index in [0.717, 1.165) is 0 Å². The van der Waals surface area contributed by atoms with E-state index in [9.17, 15) is 31.1 Å². The van der Waals surface area contributed by atoms with Crippen molar-refractivity contribution in [2.75, 3.05) is 6.16 Å². The first kappa shape index (κ1) is 16.0. The van der Waals surface area contributed by atoms with Crippen molar-refractivity contribution in [3.8, 4) is 0 Å². The molecule has 0 unspecified atom stereocenters. The molecule has 0 aliphatic rings. The van der Waals surface area contributed by atoms with Gasteiger partial charge in [-0.2, -0.15) is 32.5 Å². The van der Waals surface area contributed by atoms with Gasteiger partial charge >= 0.3 is 12.4 Å². The lowest BCUT2D eigenvalue weighted by Gasteiger charge is -2.18. The topological polar surface area (TPSA) is 17.1 Å². The monoisotopic (exact) mass is 301 g/mol. The molecule has 0 bridgehead atoms. The van der Waals surface area contributed by atoms with Crippen molar-refractivity contribution >= 4 is 15.0 Å². The van der Waals surface area contributed by atoms with Gasteiger partial charge < -0.3 is 9.24 Å². The van der Waals surface area contributed by atoms with E-state index in [1.54, 1.807) is 0 Å². The van der Waals surface area contributed by atoms with E-state index in [-0.39, 0.29) is 6.16 Å². The first-order chi connectivity index (χ1) is 8.59. The van der Waals surface area contributed by atoms with E-state index in [1.807, 2.05) is 0 Å². The fraction of sp³-hybridized carbons (Fsp3) is 0.364. The second-order valence-electron chi connectivity index (χ2n) is 3.65. The summed E-state index contributed by atoms with van der Waals surface area (Å²) < 4.78 is 76.1. The third-order valence-electron chi connectivity index (χ3n) is 2.31. The molecule has 1 aromatic rings. The van der Waals surface area contributed by atoms with Crippen LogP contribution in [-0.4, -0.2) is 11.9 Å². The summed E-state index contributed by atoms with van der Waals surface area (Å²) in [5.41, 5.74) is -4.44. The van der Waals surface area contributed by atoms with Crippen LogP contribution in [0.3, 0.4) is 0 Å². The molecule has 0 aliphatic carbocycles. The lowest BCUT2D eigenvalue weighted by molar-refractivity contribution is -0.143. The first-order valence-corrected chi connectivity index (χ1v) is 5.75. The van der Waals surface area contributed by atoms with Crippen LogP contribution in [0.2, 0.25) is 0 Å². The number of Topliss-reactive ketones (excluding diaryl/α,β-unsaturated/α-hetero) is 1. The van der Waals surface area contributed by atoms with Crippen LogP contribution in [0.5, 0.6) is 0 Å². The largest absolute Gasteiger partial charge is 0.558 e. The zero-order valence-corrected chi connectivity index (χ0v) is 10.3. The van der Waals surface area contributed by atoms with Crippen LogP contribution in [0.15, 0.2) is 18.2 Å². The van der Waals surface area contributed by atoms with Crippen LogP contribution in [0.4, 0.5) is 26.3 Å². The van der Waals surface area contributed by atoms with Gasteiger partial charge in [-0.25, -0.2) is 0 Å². The fourth-order valence-electron chi connectivity index (χ4n) is 1.56. The van der Waals surface area contributed by atoms with Crippen molar-refractivity contribution < 1.29 is 31.1 Å². The molecule has 0 atom stereocenters. The summed E-state index contributed by atoms with van der Waals surface area (Å²) in [6, 6.07) is 1.57. The number of carbonyl (C=O) groups is 1.